The second-order valence-electron chi connectivity index (χ2n) is 7.44. The maximum atomic E-state index is 12.9. The lowest BCUT2D eigenvalue weighted by atomic mass is 9.92. The van der Waals surface area contributed by atoms with Crippen molar-refractivity contribution in [3.63, 3.8) is 0 Å². The van der Waals surface area contributed by atoms with Gasteiger partial charge >= 0.3 is 6.09 Å². The second kappa shape index (κ2) is 6.33. The number of amides is 2. The van der Waals surface area contributed by atoms with Crippen molar-refractivity contribution in [3.05, 3.63) is 29.3 Å². The van der Waals surface area contributed by atoms with Crippen LogP contribution in [-0.4, -0.2) is 55.2 Å². The third-order valence-corrected chi connectivity index (χ3v) is 5.54. The third kappa shape index (κ3) is 3.11. The summed E-state index contributed by atoms with van der Waals surface area (Å²) in [5, 5.41) is 3.29. The molecule has 6 heteroatoms. The standard InChI is InChI=1S/C19H25N3O3/c1-14-4-5-16-15(11-14)3-2-10-22(16)17(23)12-21-13-19(25-18(21)24)6-8-20-9-7-19/h4-5,11,20H,2-3,6-10,12-13H2,1H3. The molecule has 25 heavy (non-hydrogen) atoms. The Labute approximate surface area is 148 Å². The Kier molecular flexibility index (Phi) is 4.15. The van der Waals surface area contributed by atoms with E-state index in [0.29, 0.717) is 13.1 Å². The van der Waals surface area contributed by atoms with Gasteiger partial charge in [-0.3, -0.25) is 9.69 Å². The van der Waals surface area contributed by atoms with Crippen LogP contribution in [0, 0.1) is 6.92 Å². The summed E-state index contributed by atoms with van der Waals surface area (Å²) in [7, 11) is 0. The van der Waals surface area contributed by atoms with Crippen LogP contribution in [-0.2, 0) is 16.0 Å². The number of fused-ring (bicyclic) bond motifs is 1. The Bertz CT molecular complexity index is 697. The van der Waals surface area contributed by atoms with Crippen LogP contribution in [0.3, 0.4) is 0 Å². The van der Waals surface area contributed by atoms with Gasteiger partial charge in [0.1, 0.15) is 12.1 Å². The number of piperidine rings is 1. The van der Waals surface area contributed by atoms with E-state index >= 15 is 0 Å². The minimum Gasteiger partial charge on any atom is -0.441 e. The Morgan fingerprint density at radius 1 is 1.32 bits per heavy atom. The number of benzene rings is 1. The Hall–Kier alpha value is -2.08. The maximum Gasteiger partial charge on any atom is 0.410 e. The van der Waals surface area contributed by atoms with E-state index in [2.05, 4.69) is 18.3 Å². The molecule has 2 fully saturated rings. The molecule has 1 aromatic rings. The molecule has 1 N–H and O–H groups in total. The van der Waals surface area contributed by atoms with Gasteiger partial charge in [0, 0.05) is 25.1 Å². The Morgan fingerprint density at radius 2 is 2.12 bits per heavy atom. The van der Waals surface area contributed by atoms with E-state index in [9.17, 15) is 9.59 Å². The average Bonchev–Trinajstić information content (AvgIpc) is 2.89. The molecule has 4 rings (SSSR count). The molecule has 0 bridgehead atoms. The van der Waals surface area contributed by atoms with Crippen molar-refractivity contribution >= 4 is 17.7 Å². The lowest BCUT2D eigenvalue weighted by Gasteiger charge is -2.32. The van der Waals surface area contributed by atoms with E-state index in [0.717, 1.165) is 44.5 Å². The van der Waals surface area contributed by atoms with Gasteiger partial charge in [-0.2, -0.15) is 0 Å². The van der Waals surface area contributed by atoms with E-state index in [1.54, 1.807) is 4.90 Å². The molecule has 2 saturated heterocycles. The smallest absolute Gasteiger partial charge is 0.410 e. The molecule has 0 saturated carbocycles. The fourth-order valence-corrected chi connectivity index (χ4v) is 4.19. The van der Waals surface area contributed by atoms with Crippen molar-refractivity contribution in [1.82, 2.24) is 10.2 Å². The summed E-state index contributed by atoms with van der Waals surface area (Å²) in [6.45, 7) is 5.11. The number of hydrogen-bond acceptors (Lipinski definition) is 4. The first-order valence-corrected chi connectivity index (χ1v) is 9.15. The predicted molar refractivity (Wildman–Crippen MR) is 94.7 cm³/mol. The number of nitrogens with zero attached hydrogens (tertiary/aromatic N) is 2. The largest absolute Gasteiger partial charge is 0.441 e. The quantitative estimate of drug-likeness (QED) is 0.890. The number of anilines is 1. The summed E-state index contributed by atoms with van der Waals surface area (Å²) in [5.74, 6) is -0.0206. The van der Waals surface area contributed by atoms with Gasteiger partial charge < -0.3 is 15.0 Å². The van der Waals surface area contributed by atoms with Crippen molar-refractivity contribution in [1.29, 1.82) is 0 Å². The lowest BCUT2D eigenvalue weighted by Crippen LogP contribution is -2.46. The highest BCUT2D eigenvalue weighted by Gasteiger charge is 2.46. The minimum atomic E-state index is -0.403. The minimum absolute atomic E-state index is 0.0206. The number of nitrogens with one attached hydrogen (secondary N) is 1. The molecule has 0 unspecified atom stereocenters. The SMILES string of the molecule is Cc1ccc2c(c1)CCCN2C(=O)CN1CC2(CCNCC2)OC1=O. The summed E-state index contributed by atoms with van der Waals surface area (Å²) in [6.07, 6.45) is 3.24. The zero-order chi connectivity index (χ0) is 17.4. The molecule has 3 aliphatic heterocycles. The third-order valence-electron chi connectivity index (χ3n) is 5.54. The second-order valence-corrected chi connectivity index (χ2v) is 7.44. The van der Waals surface area contributed by atoms with Crippen molar-refractivity contribution in [2.75, 3.05) is 37.6 Å². The topological polar surface area (TPSA) is 61.9 Å². The van der Waals surface area contributed by atoms with Crippen LogP contribution >= 0.6 is 0 Å². The molecule has 0 aromatic heterocycles. The fraction of sp³-hybridized carbons (Fsp3) is 0.579. The number of rotatable bonds is 2. The first-order valence-electron chi connectivity index (χ1n) is 9.15. The van der Waals surface area contributed by atoms with E-state index in [1.807, 2.05) is 17.0 Å². The highest BCUT2D eigenvalue weighted by Crippen LogP contribution is 2.32. The molecule has 0 aliphatic carbocycles. The van der Waals surface area contributed by atoms with E-state index in [1.165, 1.54) is 11.1 Å². The molecule has 0 atom stereocenters. The van der Waals surface area contributed by atoms with Crippen molar-refractivity contribution < 1.29 is 14.3 Å². The lowest BCUT2D eigenvalue weighted by molar-refractivity contribution is -0.119. The molecule has 134 valence electrons. The Balaban J connectivity index is 1.47. The molecule has 2 amide bonds. The van der Waals surface area contributed by atoms with Gasteiger partial charge in [-0.25, -0.2) is 4.79 Å². The molecular formula is C19H25N3O3. The van der Waals surface area contributed by atoms with Gasteiger partial charge in [-0.05, 0) is 44.5 Å². The molecule has 3 heterocycles. The highest BCUT2D eigenvalue weighted by atomic mass is 16.6. The first-order chi connectivity index (χ1) is 12.1. The number of carbonyl (C=O) groups is 2. The predicted octanol–water partition coefficient (Wildman–Crippen LogP) is 1.85. The number of ether oxygens (including phenoxy) is 1. The summed E-state index contributed by atoms with van der Waals surface area (Å²) in [6, 6.07) is 6.22. The van der Waals surface area contributed by atoms with Gasteiger partial charge in [0.2, 0.25) is 5.91 Å². The summed E-state index contributed by atoms with van der Waals surface area (Å²) >= 11 is 0. The molecule has 1 spiro atoms. The van der Waals surface area contributed by atoms with Crippen LogP contribution < -0.4 is 10.2 Å². The van der Waals surface area contributed by atoms with Crippen molar-refractivity contribution in [3.8, 4) is 0 Å². The van der Waals surface area contributed by atoms with Gasteiger partial charge in [0.25, 0.3) is 0 Å². The monoisotopic (exact) mass is 343 g/mol. The Morgan fingerprint density at radius 3 is 2.92 bits per heavy atom. The van der Waals surface area contributed by atoms with Gasteiger partial charge in [-0.15, -0.1) is 0 Å². The maximum absolute atomic E-state index is 12.9. The van der Waals surface area contributed by atoms with Crippen LogP contribution in [0.15, 0.2) is 18.2 Å². The van der Waals surface area contributed by atoms with Crippen LogP contribution in [0.4, 0.5) is 10.5 Å². The summed E-state index contributed by atoms with van der Waals surface area (Å²) in [4.78, 5) is 28.6. The molecule has 3 aliphatic rings. The molecular weight excluding hydrogens is 318 g/mol. The first kappa shape index (κ1) is 16.4. The summed E-state index contributed by atoms with van der Waals surface area (Å²) < 4.78 is 5.65. The van der Waals surface area contributed by atoms with Crippen molar-refractivity contribution in [2.45, 2.75) is 38.2 Å². The zero-order valence-corrected chi connectivity index (χ0v) is 14.7. The number of aryl methyl sites for hydroxylation is 2. The van der Waals surface area contributed by atoms with E-state index in [4.69, 9.17) is 4.74 Å². The van der Waals surface area contributed by atoms with Crippen molar-refractivity contribution in [2.24, 2.45) is 0 Å². The van der Waals surface area contributed by atoms with Gasteiger partial charge in [0.05, 0.1) is 6.54 Å². The zero-order valence-electron chi connectivity index (χ0n) is 14.7. The van der Waals surface area contributed by atoms with E-state index in [-0.39, 0.29) is 18.5 Å². The van der Waals surface area contributed by atoms with Crippen LogP contribution in [0.1, 0.15) is 30.4 Å². The molecule has 1 aromatic carbocycles. The average molecular weight is 343 g/mol. The fourth-order valence-electron chi connectivity index (χ4n) is 4.19. The number of hydrogen-bond donors (Lipinski definition) is 1. The van der Waals surface area contributed by atoms with Crippen LogP contribution in [0.25, 0.3) is 0 Å². The number of carbonyl (C=O) groups excluding carboxylic acids is 2. The van der Waals surface area contributed by atoms with Crippen LogP contribution in [0.5, 0.6) is 0 Å². The summed E-state index contributed by atoms with van der Waals surface area (Å²) in [5.41, 5.74) is 3.02. The van der Waals surface area contributed by atoms with Gasteiger partial charge in [0.15, 0.2) is 0 Å². The molecule has 0 radical (unpaired) electrons. The van der Waals surface area contributed by atoms with Gasteiger partial charge in [-0.1, -0.05) is 17.7 Å². The molecule has 6 nitrogen and oxygen atoms in total. The highest BCUT2D eigenvalue weighted by molar-refractivity contribution is 5.97. The normalized spacial score (nSPS) is 22.0. The van der Waals surface area contributed by atoms with Crippen LogP contribution in [0.2, 0.25) is 0 Å². The van der Waals surface area contributed by atoms with E-state index < -0.39 is 5.60 Å².